The highest BCUT2D eigenvalue weighted by atomic mass is 35.5. The van der Waals surface area contributed by atoms with Gasteiger partial charge >= 0.3 is 0 Å². The summed E-state index contributed by atoms with van der Waals surface area (Å²) in [6, 6.07) is 18.3. The number of hydrogen-bond acceptors (Lipinski definition) is 4. The van der Waals surface area contributed by atoms with E-state index in [1.165, 1.54) is 0 Å². The number of pyridine rings is 1. The molecule has 2 heterocycles. The van der Waals surface area contributed by atoms with Crippen molar-refractivity contribution in [2.24, 2.45) is 0 Å². The maximum atomic E-state index is 13.0. The first-order valence-corrected chi connectivity index (χ1v) is 8.50. The zero-order valence-electron chi connectivity index (χ0n) is 14.0. The summed E-state index contributed by atoms with van der Waals surface area (Å²) in [5.41, 5.74) is 2.74. The third-order valence-corrected chi connectivity index (χ3v) is 4.65. The van der Waals surface area contributed by atoms with Crippen LogP contribution in [0.4, 0.5) is 11.4 Å². The van der Waals surface area contributed by atoms with Gasteiger partial charge in [0.1, 0.15) is 5.75 Å². The average Bonchev–Trinajstić information content (AvgIpc) is 2.96. The molecule has 0 fully saturated rings. The first kappa shape index (κ1) is 16.4. The summed E-state index contributed by atoms with van der Waals surface area (Å²) in [6.45, 7) is 0. The quantitative estimate of drug-likeness (QED) is 0.738. The van der Waals surface area contributed by atoms with E-state index in [2.05, 4.69) is 10.3 Å². The van der Waals surface area contributed by atoms with Crippen LogP contribution in [0.2, 0.25) is 5.02 Å². The van der Waals surface area contributed by atoms with Gasteiger partial charge in [0.25, 0.3) is 5.91 Å². The van der Waals surface area contributed by atoms with Crippen LogP contribution in [0.25, 0.3) is 0 Å². The number of carbonyl (C=O) groups is 1. The highest BCUT2D eigenvalue weighted by molar-refractivity contribution is 6.33. The van der Waals surface area contributed by atoms with Gasteiger partial charge in [-0.25, -0.2) is 0 Å². The molecule has 0 aliphatic carbocycles. The number of halogens is 1. The van der Waals surface area contributed by atoms with Gasteiger partial charge in [-0.2, -0.15) is 0 Å². The third kappa shape index (κ3) is 2.76. The Balaban J connectivity index is 1.78. The molecule has 0 unspecified atom stereocenters. The van der Waals surface area contributed by atoms with Gasteiger partial charge in [-0.15, -0.1) is 0 Å². The fourth-order valence-corrected chi connectivity index (χ4v) is 3.24. The largest absolute Gasteiger partial charge is 0.497 e. The minimum absolute atomic E-state index is 0.108. The second kappa shape index (κ2) is 6.69. The van der Waals surface area contributed by atoms with Crippen LogP contribution in [-0.2, 0) is 0 Å². The molecule has 1 aliphatic heterocycles. The average molecular weight is 366 g/mol. The molecule has 0 saturated carbocycles. The minimum atomic E-state index is -0.452. The molecule has 1 aromatic heterocycles. The van der Waals surface area contributed by atoms with Crippen LogP contribution in [0.1, 0.15) is 22.2 Å². The van der Waals surface area contributed by atoms with Crippen molar-refractivity contribution in [3.8, 4) is 5.75 Å². The number of nitrogens with one attached hydrogen (secondary N) is 1. The van der Waals surface area contributed by atoms with Gasteiger partial charge in [-0.05, 0) is 48.5 Å². The van der Waals surface area contributed by atoms with Crippen LogP contribution in [0.15, 0.2) is 66.9 Å². The van der Waals surface area contributed by atoms with E-state index in [0.717, 1.165) is 17.1 Å². The van der Waals surface area contributed by atoms with Crippen molar-refractivity contribution in [1.82, 2.24) is 4.98 Å². The smallest absolute Gasteiger partial charge is 0.262 e. The van der Waals surface area contributed by atoms with E-state index in [1.807, 2.05) is 42.5 Å². The van der Waals surface area contributed by atoms with Gasteiger partial charge < -0.3 is 10.1 Å². The molecular formula is C20H16ClN3O2. The molecule has 1 N–H and O–H groups in total. The molecule has 26 heavy (non-hydrogen) atoms. The van der Waals surface area contributed by atoms with Crippen molar-refractivity contribution in [2.45, 2.75) is 6.17 Å². The van der Waals surface area contributed by atoms with Gasteiger partial charge in [0.15, 0.2) is 6.17 Å². The van der Waals surface area contributed by atoms with E-state index in [-0.39, 0.29) is 5.91 Å². The van der Waals surface area contributed by atoms with Crippen molar-refractivity contribution < 1.29 is 9.53 Å². The van der Waals surface area contributed by atoms with Crippen molar-refractivity contribution >= 4 is 28.9 Å². The molecule has 1 atom stereocenters. The summed E-state index contributed by atoms with van der Waals surface area (Å²) in [7, 11) is 1.61. The molecule has 1 amide bonds. The fourth-order valence-electron chi connectivity index (χ4n) is 3.05. The summed E-state index contributed by atoms with van der Waals surface area (Å²) in [5, 5.41) is 3.93. The fraction of sp³-hybridized carbons (Fsp3) is 0.100. The van der Waals surface area contributed by atoms with Crippen LogP contribution in [0.5, 0.6) is 5.75 Å². The molecule has 4 rings (SSSR count). The molecule has 0 saturated heterocycles. The number of carbonyl (C=O) groups excluding carboxylic acids is 1. The van der Waals surface area contributed by atoms with Gasteiger partial charge in [0.05, 0.1) is 29.1 Å². The van der Waals surface area contributed by atoms with Crippen LogP contribution in [0.3, 0.4) is 0 Å². The van der Waals surface area contributed by atoms with Gasteiger partial charge in [-0.1, -0.05) is 23.7 Å². The molecule has 1 aliphatic rings. The number of rotatable bonds is 4. The predicted octanol–water partition coefficient (Wildman–Crippen LogP) is 4.51. The van der Waals surface area contributed by atoms with Crippen molar-refractivity contribution in [3.05, 3.63) is 83.1 Å². The van der Waals surface area contributed by atoms with Crippen LogP contribution >= 0.6 is 11.6 Å². The van der Waals surface area contributed by atoms with Gasteiger partial charge in [-0.3, -0.25) is 14.7 Å². The van der Waals surface area contributed by atoms with E-state index in [1.54, 1.807) is 36.4 Å². The molecule has 2 aromatic carbocycles. The van der Waals surface area contributed by atoms with E-state index >= 15 is 0 Å². The Morgan fingerprint density at radius 2 is 1.85 bits per heavy atom. The number of nitrogens with zero attached hydrogens (tertiary/aromatic N) is 2. The van der Waals surface area contributed by atoms with E-state index in [9.17, 15) is 4.79 Å². The number of aromatic nitrogens is 1. The highest BCUT2D eigenvalue weighted by Crippen LogP contribution is 2.38. The second-order valence-corrected chi connectivity index (χ2v) is 6.24. The Morgan fingerprint density at radius 1 is 1.08 bits per heavy atom. The van der Waals surface area contributed by atoms with Gasteiger partial charge in [0.2, 0.25) is 0 Å². The Hall–Kier alpha value is -3.05. The van der Waals surface area contributed by atoms with Crippen LogP contribution in [-0.4, -0.2) is 18.0 Å². The number of anilines is 2. The van der Waals surface area contributed by atoms with Crippen molar-refractivity contribution in [1.29, 1.82) is 0 Å². The maximum Gasteiger partial charge on any atom is 0.262 e. The number of amides is 1. The molecule has 130 valence electrons. The van der Waals surface area contributed by atoms with E-state index in [0.29, 0.717) is 16.3 Å². The summed E-state index contributed by atoms with van der Waals surface area (Å²) in [6.07, 6.45) is 1.23. The predicted molar refractivity (Wildman–Crippen MR) is 102 cm³/mol. The third-order valence-electron chi connectivity index (χ3n) is 4.32. The van der Waals surface area contributed by atoms with Crippen molar-refractivity contribution in [3.63, 3.8) is 0 Å². The van der Waals surface area contributed by atoms with Crippen LogP contribution < -0.4 is 15.0 Å². The second-order valence-electron chi connectivity index (χ2n) is 5.84. The summed E-state index contributed by atoms with van der Waals surface area (Å²) in [4.78, 5) is 19.1. The zero-order chi connectivity index (χ0) is 18.1. The molecule has 0 bridgehead atoms. The normalized spacial score (nSPS) is 15.7. The lowest BCUT2D eigenvalue weighted by Crippen LogP contribution is -2.32. The first-order chi connectivity index (χ1) is 12.7. The number of fused-ring (bicyclic) bond motifs is 1. The SMILES string of the molecule is COc1ccc(N2C(=O)c3cccnc3[C@H]2Nc2ccccc2Cl)cc1. The van der Waals surface area contributed by atoms with Gasteiger partial charge in [0, 0.05) is 11.9 Å². The Bertz CT molecular complexity index is 959. The first-order valence-electron chi connectivity index (χ1n) is 8.12. The monoisotopic (exact) mass is 365 g/mol. The Kier molecular flexibility index (Phi) is 4.22. The number of methoxy groups -OCH3 is 1. The highest BCUT2D eigenvalue weighted by Gasteiger charge is 2.39. The lowest BCUT2D eigenvalue weighted by molar-refractivity contribution is 0.0993. The standard InChI is InChI=1S/C20H16ClN3O2/c1-26-14-10-8-13(9-11-14)24-19(23-17-7-3-2-6-16(17)21)18-15(20(24)25)5-4-12-22-18/h2-12,19,23H,1H3/t19-/m0/s1. The number of hydrogen-bond donors (Lipinski definition) is 1. The molecular weight excluding hydrogens is 350 g/mol. The molecule has 6 heteroatoms. The lowest BCUT2D eigenvalue weighted by atomic mass is 10.2. The van der Waals surface area contributed by atoms with E-state index < -0.39 is 6.17 Å². The minimum Gasteiger partial charge on any atom is -0.497 e. The summed E-state index contributed by atoms with van der Waals surface area (Å²) < 4.78 is 5.21. The number of para-hydroxylation sites is 1. The van der Waals surface area contributed by atoms with E-state index in [4.69, 9.17) is 16.3 Å². The lowest BCUT2D eigenvalue weighted by Gasteiger charge is -2.27. The molecule has 3 aromatic rings. The summed E-state index contributed by atoms with van der Waals surface area (Å²) in [5.74, 6) is 0.620. The van der Waals surface area contributed by atoms with Crippen LogP contribution in [0, 0.1) is 0 Å². The number of ether oxygens (including phenoxy) is 1. The van der Waals surface area contributed by atoms with Crippen molar-refractivity contribution in [2.75, 3.05) is 17.3 Å². The maximum absolute atomic E-state index is 13.0. The Morgan fingerprint density at radius 3 is 2.58 bits per heavy atom. The Labute approximate surface area is 156 Å². The molecule has 0 radical (unpaired) electrons. The molecule has 5 nitrogen and oxygen atoms in total. The topological polar surface area (TPSA) is 54.5 Å². The summed E-state index contributed by atoms with van der Waals surface area (Å²) >= 11 is 6.30. The molecule has 0 spiro atoms. The number of benzene rings is 2. The zero-order valence-corrected chi connectivity index (χ0v) is 14.8.